The van der Waals surface area contributed by atoms with Crippen molar-refractivity contribution in [3.63, 3.8) is 0 Å². The zero-order valence-electron chi connectivity index (χ0n) is 16.1. The van der Waals surface area contributed by atoms with Crippen LogP contribution >= 0.6 is 23.8 Å². The lowest BCUT2D eigenvalue weighted by molar-refractivity contribution is -0.384. The lowest BCUT2D eigenvalue weighted by Gasteiger charge is -2.13. The van der Waals surface area contributed by atoms with E-state index in [9.17, 15) is 10.1 Å². The Morgan fingerprint density at radius 2 is 1.87 bits per heavy atom. The van der Waals surface area contributed by atoms with Crippen LogP contribution in [-0.2, 0) is 0 Å². The SMILES string of the molecule is COc1cc(-c2n[nH]c(=S)n2N=Cc2ccc(Cl)c([N+](=O)[O-])c2)cc(OC)c1OC. The highest BCUT2D eigenvalue weighted by molar-refractivity contribution is 7.71. The number of hydrogen-bond acceptors (Lipinski definition) is 8. The summed E-state index contributed by atoms with van der Waals surface area (Å²) in [5.74, 6) is 1.68. The number of nitrogens with zero attached hydrogens (tertiary/aromatic N) is 4. The molecule has 0 spiro atoms. The molecule has 2 aromatic carbocycles. The second-order valence-corrected chi connectivity index (χ2v) is 6.58. The molecule has 0 saturated carbocycles. The number of nitrogens with one attached hydrogen (secondary N) is 1. The second kappa shape index (κ2) is 8.93. The third kappa shape index (κ3) is 4.11. The summed E-state index contributed by atoms with van der Waals surface area (Å²) in [6.07, 6.45) is 1.41. The Labute approximate surface area is 180 Å². The Balaban J connectivity index is 2.07. The van der Waals surface area contributed by atoms with Gasteiger partial charge in [0.15, 0.2) is 17.3 Å². The number of H-pyrrole nitrogens is 1. The molecule has 3 rings (SSSR count). The van der Waals surface area contributed by atoms with E-state index in [1.54, 1.807) is 18.2 Å². The Bertz CT molecular complexity index is 1160. The van der Waals surface area contributed by atoms with Gasteiger partial charge in [0.2, 0.25) is 10.5 Å². The van der Waals surface area contributed by atoms with Gasteiger partial charge in [-0.2, -0.15) is 14.9 Å². The molecule has 0 aliphatic heterocycles. The topological polar surface area (TPSA) is 117 Å². The lowest BCUT2D eigenvalue weighted by Crippen LogP contribution is -1.99. The molecule has 156 valence electrons. The molecule has 0 fully saturated rings. The quantitative estimate of drug-likeness (QED) is 0.250. The first-order chi connectivity index (χ1) is 14.4. The molecule has 0 bridgehead atoms. The smallest absolute Gasteiger partial charge is 0.288 e. The fourth-order valence-corrected chi connectivity index (χ4v) is 3.04. The minimum absolute atomic E-state index is 0.0372. The third-order valence-corrected chi connectivity index (χ3v) is 4.65. The third-order valence-electron chi connectivity index (χ3n) is 4.06. The Kier molecular flexibility index (Phi) is 6.33. The Morgan fingerprint density at radius 3 is 2.43 bits per heavy atom. The summed E-state index contributed by atoms with van der Waals surface area (Å²) in [6.45, 7) is 0. The van der Waals surface area contributed by atoms with Gasteiger partial charge in [-0.05, 0) is 30.4 Å². The number of aromatic amines is 1. The summed E-state index contributed by atoms with van der Waals surface area (Å²) in [5.41, 5.74) is 0.836. The van der Waals surface area contributed by atoms with E-state index in [2.05, 4.69) is 15.3 Å². The van der Waals surface area contributed by atoms with Crippen LogP contribution in [0.5, 0.6) is 17.2 Å². The molecule has 1 heterocycles. The fraction of sp³-hybridized carbons (Fsp3) is 0.167. The molecule has 0 unspecified atom stereocenters. The number of nitro benzene ring substituents is 1. The highest BCUT2D eigenvalue weighted by Gasteiger charge is 2.18. The van der Waals surface area contributed by atoms with Crippen LogP contribution in [0.3, 0.4) is 0 Å². The van der Waals surface area contributed by atoms with Crippen LogP contribution in [0.2, 0.25) is 5.02 Å². The van der Waals surface area contributed by atoms with E-state index in [0.717, 1.165) is 0 Å². The number of ether oxygens (including phenoxy) is 3. The number of halogens is 1. The first kappa shape index (κ1) is 21.3. The van der Waals surface area contributed by atoms with Gasteiger partial charge < -0.3 is 14.2 Å². The first-order valence-corrected chi connectivity index (χ1v) is 9.14. The van der Waals surface area contributed by atoms with Crippen LogP contribution in [-0.4, -0.2) is 47.3 Å². The van der Waals surface area contributed by atoms with Gasteiger partial charge in [-0.15, -0.1) is 0 Å². The number of aromatic nitrogens is 3. The van der Waals surface area contributed by atoms with Crippen LogP contribution in [0.15, 0.2) is 35.4 Å². The molecule has 3 aromatic rings. The van der Waals surface area contributed by atoms with E-state index in [0.29, 0.717) is 34.2 Å². The second-order valence-electron chi connectivity index (χ2n) is 5.79. The van der Waals surface area contributed by atoms with Crippen LogP contribution in [0.1, 0.15) is 5.56 Å². The highest BCUT2D eigenvalue weighted by atomic mass is 35.5. The van der Waals surface area contributed by atoms with Gasteiger partial charge in [-0.25, -0.2) is 5.10 Å². The maximum absolute atomic E-state index is 11.1. The zero-order valence-corrected chi connectivity index (χ0v) is 17.7. The van der Waals surface area contributed by atoms with Crippen molar-refractivity contribution in [2.24, 2.45) is 5.10 Å². The molecule has 30 heavy (non-hydrogen) atoms. The predicted octanol–water partition coefficient (Wildman–Crippen LogP) is 4.08. The number of methoxy groups -OCH3 is 3. The lowest BCUT2D eigenvalue weighted by atomic mass is 10.1. The van der Waals surface area contributed by atoms with Crippen LogP contribution in [0.4, 0.5) is 5.69 Å². The molecule has 0 aliphatic rings. The van der Waals surface area contributed by atoms with Gasteiger partial charge in [-0.3, -0.25) is 10.1 Å². The van der Waals surface area contributed by atoms with E-state index >= 15 is 0 Å². The van der Waals surface area contributed by atoms with E-state index in [4.69, 9.17) is 38.0 Å². The zero-order chi connectivity index (χ0) is 21.8. The molecule has 0 radical (unpaired) electrons. The number of rotatable bonds is 7. The molecular weight excluding hydrogens is 434 g/mol. The van der Waals surface area contributed by atoms with Gasteiger partial charge in [0.25, 0.3) is 5.69 Å². The van der Waals surface area contributed by atoms with Crippen LogP contribution < -0.4 is 14.2 Å². The molecule has 1 aromatic heterocycles. The maximum Gasteiger partial charge on any atom is 0.288 e. The normalized spacial score (nSPS) is 10.9. The van der Waals surface area contributed by atoms with E-state index < -0.39 is 4.92 Å². The minimum Gasteiger partial charge on any atom is -0.493 e. The standard InChI is InChI=1S/C18H16ClN5O5S/c1-27-14-7-11(8-15(28-2)16(14)29-3)17-21-22-18(30)23(17)20-9-10-4-5-12(19)13(6-10)24(25)26/h4-9H,1-3H3,(H,22,30). The highest BCUT2D eigenvalue weighted by Crippen LogP contribution is 2.40. The van der Waals surface area contributed by atoms with Crippen molar-refractivity contribution in [3.05, 3.63) is 55.8 Å². The maximum atomic E-state index is 11.1. The molecular formula is C18H16ClN5O5S. The van der Waals surface area contributed by atoms with Crippen molar-refractivity contribution in [1.29, 1.82) is 0 Å². The van der Waals surface area contributed by atoms with Crippen molar-refractivity contribution in [3.8, 4) is 28.6 Å². The van der Waals surface area contributed by atoms with Crippen molar-refractivity contribution < 1.29 is 19.1 Å². The first-order valence-electron chi connectivity index (χ1n) is 8.35. The monoisotopic (exact) mass is 449 g/mol. The molecule has 10 nitrogen and oxygen atoms in total. The Morgan fingerprint density at radius 1 is 1.20 bits per heavy atom. The summed E-state index contributed by atoms with van der Waals surface area (Å²) in [5, 5.41) is 22.3. The fourth-order valence-electron chi connectivity index (χ4n) is 2.67. The Hall–Kier alpha value is -3.44. The average molecular weight is 450 g/mol. The van der Waals surface area contributed by atoms with Gasteiger partial charge in [-0.1, -0.05) is 17.7 Å². The van der Waals surface area contributed by atoms with Crippen molar-refractivity contribution in [2.45, 2.75) is 0 Å². The molecule has 0 atom stereocenters. The van der Waals surface area contributed by atoms with Gasteiger partial charge in [0, 0.05) is 17.2 Å². The van der Waals surface area contributed by atoms with Crippen molar-refractivity contribution >= 4 is 35.7 Å². The summed E-state index contributed by atoms with van der Waals surface area (Å²) in [4.78, 5) is 10.5. The minimum atomic E-state index is -0.565. The molecule has 0 aliphatic carbocycles. The summed E-state index contributed by atoms with van der Waals surface area (Å²) < 4.78 is 17.7. The van der Waals surface area contributed by atoms with Crippen LogP contribution in [0.25, 0.3) is 11.4 Å². The predicted molar refractivity (Wildman–Crippen MR) is 114 cm³/mol. The largest absolute Gasteiger partial charge is 0.493 e. The summed E-state index contributed by atoms with van der Waals surface area (Å²) >= 11 is 11.1. The number of benzene rings is 2. The van der Waals surface area contributed by atoms with Crippen LogP contribution in [0, 0.1) is 14.9 Å². The molecule has 0 saturated heterocycles. The number of nitro groups is 1. The van der Waals surface area contributed by atoms with Gasteiger partial charge in [0.1, 0.15) is 5.02 Å². The van der Waals surface area contributed by atoms with Crippen molar-refractivity contribution in [2.75, 3.05) is 21.3 Å². The van der Waals surface area contributed by atoms with Crippen molar-refractivity contribution in [1.82, 2.24) is 14.9 Å². The summed E-state index contributed by atoms with van der Waals surface area (Å²) in [6, 6.07) is 7.74. The number of hydrogen-bond donors (Lipinski definition) is 1. The summed E-state index contributed by atoms with van der Waals surface area (Å²) in [7, 11) is 4.51. The van der Waals surface area contributed by atoms with Gasteiger partial charge >= 0.3 is 0 Å². The molecule has 0 amide bonds. The molecule has 12 heteroatoms. The van der Waals surface area contributed by atoms with E-state index in [1.165, 1.54) is 44.4 Å². The van der Waals surface area contributed by atoms with Gasteiger partial charge in [0.05, 0.1) is 32.5 Å². The van der Waals surface area contributed by atoms with E-state index in [1.807, 2.05) is 0 Å². The van der Waals surface area contributed by atoms with E-state index in [-0.39, 0.29) is 15.5 Å². The molecule has 1 N–H and O–H groups in total. The average Bonchev–Trinajstić information content (AvgIpc) is 3.12.